The van der Waals surface area contributed by atoms with Gasteiger partial charge in [-0.2, -0.15) is 0 Å². The van der Waals surface area contributed by atoms with Crippen molar-refractivity contribution in [2.45, 2.75) is 25.9 Å². The second-order valence-corrected chi connectivity index (χ2v) is 5.18. The molecule has 0 saturated heterocycles. The van der Waals surface area contributed by atoms with E-state index in [2.05, 4.69) is 4.98 Å². The van der Waals surface area contributed by atoms with Crippen molar-refractivity contribution < 1.29 is 19.5 Å². The minimum atomic E-state index is -1.10. The SMILES string of the molecule is CC(=O)C(=O)N1Cc2[nH]c3ccccc3c2CC1C(=O)O. The topological polar surface area (TPSA) is 90.5 Å². The van der Waals surface area contributed by atoms with Crippen LogP contribution in [0.25, 0.3) is 10.9 Å². The van der Waals surface area contributed by atoms with Crippen LogP contribution >= 0.6 is 0 Å². The molecule has 6 nitrogen and oxygen atoms in total. The van der Waals surface area contributed by atoms with Crippen molar-refractivity contribution in [3.8, 4) is 0 Å². The molecule has 21 heavy (non-hydrogen) atoms. The van der Waals surface area contributed by atoms with Gasteiger partial charge in [0.25, 0.3) is 5.91 Å². The zero-order valence-corrected chi connectivity index (χ0v) is 11.4. The smallest absolute Gasteiger partial charge is 0.326 e. The molecule has 1 aliphatic heterocycles. The van der Waals surface area contributed by atoms with Crippen LogP contribution in [-0.2, 0) is 27.3 Å². The first kappa shape index (κ1) is 13.4. The summed E-state index contributed by atoms with van der Waals surface area (Å²) in [5.41, 5.74) is 2.61. The summed E-state index contributed by atoms with van der Waals surface area (Å²) < 4.78 is 0. The molecule has 0 aliphatic carbocycles. The molecule has 0 radical (unpaired) electrons. The van der Waals surface area contributed by atoms with Gasteiger partial charge < -0.3 is 15.0 Å². The Balaban J connectivity index is 2.09. The van der Waals surface area contributed by atoms with E-state index in [0.29, 0.717) is 0 Å². The Bertz CT molecular complexity index is 762. The number of hydrogen-bond acceptors (Lipinski definition) is 3. The van der Waals surface area contributed by atoms with Crippen LogP contribution in [0.2, 0.25) is 0 Å². The lowest BCUT2D eigenvalue weighted by molar-refractivity contribution is -0.154. The number of fused-ring (bicyclic) bond motifs is 3. The molecule has 6 heteroatoms. The predicted octanol–water partition coefficient (Wildman–Crippen LogP) is 1.09. The highest BCUT2D eigenvalue weighted by molar-refractivity contribution is 6.35. The number of carbonyl (C=O) groups is 3. The maximum absolute atomic E-state index is 11.9. The van der Waals surface area contributed by atoms with E-state index in [4.69, 9.17) is 0 Å². The van der Waals surface area contributed by atoms with Crippen molar-refractivity contribution in [2.75, 3.05) is 0 Å². The van der Waals surface area contributed by atoms with Crippen molar-refractivity contribution in [1.82, 2.24) is 9.88 Å². The highest BCUT2D eigenvalue weighted by Gasteiger charge is 2.37. The number of aromatic nitrogens is 1. The summed E-state index contributed by atoms with van der Waals surface area (Å²) in [6.45, 7) is 1.27. The van der Waals surface area contributed by atoms with Gasteiger partial charge in [0.15, 0.2) is 0 Å². The van der Waals surface area contributed by atoms with Gasteiger partial charge in [0, 0.05) is 29.9 Å². The summed E-state index contributed by atoms with van der Waals surface area (Å²) in [5, 5.41) is 10.3. The number of rotatable bonds is 2. The van der Waals surface area contributed by atoms with E-state index in [1.54, 1.807) is 0 Å². The second kappa shape index (κ2) is 4.73. The van der Waals surface area contributed by atoms with Gasteiger partial charge >= 0.3 is 5.97 Å². The third-order valence-corrected chi connectivity index (χ3v) is 3.85. The van der Waals surface area contributed by atoms with Crippen LogP contribution in [0.1, 0.15) is 18.2 Å². The van der Waals surface area contributed by atoms with Crippen molar-refractivity contribution in [2.24, 2.45) is 0 Å². The molecule has 0 spiro atoms. The Kier molecular flexibility index (Phi) is 3.01. The molecule has 0 saturated carbocycles. The number of carbonyl (C=O) groups excluding carboxylic acids is 2. The van der Waals surface area contributed by atoms with Gasteiger partial charge in [0.2, 0.25) is 5.78 Å². The Morgan fingerprint density at radius 1 is 1.29 bits per heavy atom. The summed E-state index contributed by atoms with van der Waals surface area (Å²) in [7, 11) is 0. The predicted molar refractivity (Wildman–Crippen MR) is 74.7 cm³/mol. The van der Waals surface area contributed by atoms with Gasteiger partial charge in [-0.1, -0.05) is 18.2 Å². The molecule has 0 fully saturated rings. The molecule has 1 amide bonds. The lowest BCUT2D eigenvalue weighted by atomic mass is 9.96. The standard InChI is InChI=1S/C15H14N2O4/c1-8(18)14(19)17-7-12-10(6-13(17)15(20)21)9-4-2-3-5-11(9)16-12/h2-5,13,16H,6-7H2,1H3,(H,20,21). The van der Waals surface area contributed by atoms with Crippen LogP contribution in [0.5, 0.6) is 0 Å². The largest absolute Gasteiger partial charge is 0.480 e. The lowest BCUT2D eigenvalue weighted by Crippen LogP contribution is -2.50. The zero-order valence-electron chi connectivity index (χ0n) is 11.4. The fraction of sp³-hybridized carbons (Fsp3) is 0.267. The Morgan fingerprint density at radius 2 is 2.00 bits per heavy atom. The van der Waals surface area contributed by atoms with Gasteiger partial charge in [0.05, 0.1) is 6.54 Å². The molecule has 108 valence electrons. The number of carboxylic acids is 1. The fourth-order valence-electron chi connectivity index (χ4n) is 2.84. The monoisotopic (exact) mass is 286 g/mol. The maximum atomic E-state index is 11.9. The molecule has 2 N–H and O–H groups in total. The first-order valence-electron chi connectivity index (χ1n) is 6.62. The van der Waals surface area contributed by atoms with Crippen LogP contribution in [0.4, 0.5) is 0 Å². The highest BCUT2D eigenvalue weighted by Crippen LogP contribution is 2.30. The number of hydrogen-bond donors (Lipinski definition) is 2. The van der Waals surface area contributed by atoms with E-state index in [1.165, 1.54) is 0 Å². The molecular weight excluding hydrogens is 272 g/mol. The summed E-state index contributed by atoms with van der Waals surface area (Å²) in [6.07, 6.45) is 0.202. The van der Waals surface area contributed by atoms with E-state index in [9.17, 15) is 19.5 Å². The van der Waals surface area contributed by atoms with Crippen molar-refractivity contribution in [3.63, 3.8) is 0 Å². The zero-order chi connectivity index (χ0) is 15.1. The van der Waals surface area contributed by atoms with Crippen molar-refractivity contribution in [3.05, 3.63) is 35.5 Å². The van der Waals surface area contributed by atoms with Gasteiger partial charge in [-0.3, -0.25) is 9.59 Å². The van der Waals surface area contributed by atoms with E-state index in [-0.39, 0.29) is 13.0 Å². The number of benzene rings is 1. The average Bonchev–Trinajstić information content (AvgIpc) is 2.82. The van der Waals surface area contributed by atoms with Crippen molar-refractivity contribution in [1.29, 1.82) is 0 Å². The number of Topliss-reactive ketones (excluding diaryl/α,β-unsaturated/α-hetero) is 1. The van der Waals surface area contributed by atoms with Gasteiger partial charge in [-0.15, -0.1) is 0 Å². The molecule has 2 aromatic rings. The Hall–Kier alpha value is -2.63. The van der Waals surface area contributed by atoms with E-state index < -0.39 is 23.7 Å². The summed E-state index contributed by atoms with van der Waals surface area (Å²) >= 11 is 0. The number of para-hydroxylation sites is 1. The van der Waals surface area contributed by atoms with Gasteiger partial charge in [-0.25, -0.2) is 4.79 Å². The van der Waals surface area contributed by atoms with Crippen LogP contribution in [0.3, 0.4) is 0 Å². The van der Waals surface area contributed by atoms with Crippen LogP contribution in [0, 0.1) is 0 Å². The first-order valence-corrected chi connectivity index (χ1v) is 6.62. The minimum Gasteiger partial charge on any atom is -0.480 e. The number of amides is 1. The molecule has 0 bridgehead atoms. The number of aromatic amines is 1. The number of nitrogens with zero attached hydrogens (tertiary/aromatic N) is 1. The summed E-state index contributed by atoms with van der Waals surface area (Å²) in [5.74, 6) is -2.51. The highest BCUT2D eigenvalue weighted by atomic mass is 16.4. The molecule has 1 aromatic heterocycles. The Morgan fingerprint density at radius 3 is 2.67 bits per heavy atom. The number of aliphatic carboxylic acids is 1. The van der Waals surface area contributed by atoms with Crippen molar-refractivity contribution >= 4 is 28.6 Å². The van der Waals surface area contributed by atoms with E-state index in [1.807, 2.05) is 24.3 Å². The van der Waals surface area contributed by atoms with Crippen LogP contribution in [0.15, 0.2) is 24.3 Å². The third-order valence-electron chi connectivity index (χ3n) is 3.85. The molecular formula is C15H14N2O4. The molecule has 2 heterocycles. The summed E-state index contributed by atoms with van der Waals surface area (Å²) in [4.78, 5) is 39.0. The lowest BCUT2D eigenvalue weighted by Gasteiger charge is -2.32. The quantitative estimate of drug-likeness (QED) is 0.809. The normalized spacial score (nSPS) is 17.6. The van der Waals surface area contributed by atoms with Crippen LogP contribution in [-0.4, -0.2) is 38.7 Å². The second-order valence-electron chi connectivity index (χ2n) is 5.18. The minimum absolute atomic E-state index is 0.111. The molecule has 1 aromatic carbocycles. The maximum Gasteiger partial charge on any atom is 0.326 e. The molecule has 1 aliphatic rings. The average molecular weight is 286 g/mol. The number of ketones is 1. The molecule has 1 atom stereocenters. The number of carboxylic acid groups (broad SMARTS) is 1. The fourth-order valence-corrected chi connectivity index (χ4v) is 2.84. The molecule has 3 rings (SSSR count). The van der Waals surface area contributed by atoms with E-state index >= 15 is 0 Å². The number of nitrogens with one attached hydrogen (secondary N) is 1. The van der Waals surface area contributed by atoms with Gasteiger partial charge in [-0.05, 0) is 11.6 Å². The number of H-pyrrole nitrogens is 1. The van der Waals surface area contributed by atoms with Gasteiger partial charge in [0.1, 0.15) is 6.04 Å². The third kappa shape index (κ3) is 2.08. The summed E-state index contributed by atoms with van der Waals surface area (Å²) in [6, 6.07) is 6.59. The molecule has 1 unspecified atom stereocenters. The van der Waals surface area contributed by atoms with Crippen LogP contribution < -0.4 is 0 Å². The first-order chi connectivity index (χ1) is 9.99. The van der Waals surface area contributed by atoms with E-state index in [0.717, 1.165) is 34.0 Å². The Labute approximate surface area is 120 Å².